The summed E-state index contributed by atoms with van der Waals surface area (Å²) in [6, 6.07) is 9.43. The maximum Gasteiger partial charge on any atom is 0.275 e. The van der Waals surface area contributed by atoms with Crippen LogP contribution in [0, 0.1) is 6.92 Å². The van der Waals surface area contributed by atoms with Gasteiger partial charge in [-0.25, -0.2) is 4.98 Å². The van der Waals surface area contributed by atoms with Crippen molar-refractivity contribution in [2.75, 3.05) is 5.32 Å². The molecule has 1 heterocycles. The molecule has 0 unspecified atom stereocenters. The van der Waals surface area contributed by atoms with Gasteiger partial charge in [0.1, 0.15) is 5.69 Å². The minimum absolute atomic E-state index is 0.127. The zero-order chi connectivity index (χ0) is 12.3. The second-order valence-electron chi connectivity index (χ2n) is 3.68. The first kappa shape index (κ1) is 11.8. The van der Waals surface area contributed by atoms with E-state index in [1.54, 1.807) is 11.3 Å². The summed E-state index contributed by atoms with van der Waals surface area (Å²) in [7, 11) is 0. The van der Waals surface area contributed by atoms with Gasteiger partial charge in [-0.2, -0.15) is 0 Å². The zero-order valence-corrected chi connectivity index (χ0v) is 10.7. The molecule has 0 aliphatic heterocycles. The molecule has 2 rings (SSSR count). The van der Waals surface area contributed by atoms with Crippen molar-refractivity contribution in [2.45, 2.75) is 20.3 Å². The Kier molecular flexibility index (Phi) is 3.54. The molecule has 88 valence electrons. The molecule has 0 radical (unpaired) electrons. The molecule has 0 fully saturated rings. The molecule has 3 nitrogen and oxygen atoms in total. The Bertz CT molecular complexity index is 519. The quantitative estimate of drug-likeness (QED) is 0.903. The number of hydrogen-bond acceptors (Lipinski definition) is 3. The third-order valence-electron chi connectivity index (χ3n) is 2.37. The van der Waals surface area contributed by atoms with Crippen LogP contribution >= 0.6 is 11.3 Å². The van der Waals surface area contributed by atoms with Crippen LogP contribution in [0.4, 0.5) is 5.69 Å². The largest absolute Gasteiger partial charge is 0.321 e. The molecular weight excluding hydrogens is 232 g/mol. The summed E-state index contributed by atoms with van der Waals surface area (Å²) in [5.74, 6) is -0.127. The fourth-order valence-electron chi connectivity index (χ4n) is 1.60. The van der Waals surface area contributed by atoms with Gasteiger partial charge < -0.3 is 5.32 Å². The van der Waals surface area contributed by atoms with E-state index >= 15 is 0 Å². The first-order valence-corrected chi connectivity index (χ1v) is 6.35. The van der Waals surface area contributed by atoms with Crippen LogP contribution in [-0.2, 0) is 6.42 Å². The Morgan fingerprint density at radius 3 is 2.71 bits per heavy atom. The van der Waals surface area contributed by atoms with E-state index in [4.69, 9.17) is 0 Å². The summed E-state index contributed by atoms with van der Waals surface area (Å²) in [5.41, 5.74) is 1.35. The van der Waals surface area contributed by atoms with E-state index < -0.39 is 0 Å². The lowest BCUT2D eigenvalue weighted by Gasteiger charge is -2.03. The number of rotatable bonds is 3. The van der Waals surface area contributed by atoms with E-state index in [0.717, 1.165) is 22.0 Å². The molecule has 17 heavy (non-hydrogen) atoms. The molecule has 1 aromatic carbocycles. The molecule has 1 aromatic heterocycles. The molecule has 0 aliphatic carbocycles. The van der Waals surface area contributed by atoms with E-state index in [1.165, 1.54) is 0 Å². The monoisotopic (exact) mass is 246 g/mol. The number of benzene rings is 1. The summed E-state index contributed by atoms with van der Waals surface area (Å²) in [6.07, 6.45) is 0.836. The Morgan fingerprint density at radius 2 is 2.06 bits per heavy atom. The first-order chi connectivity index (χ1) is 8.20. The smallest absolute Gasteiger partial charge is 0.275 e. The van der Waals surface area contributed by atoms with Crippen LogP contribution in [-0.4, -0.2) is 10.9 Å². The van der Waals surface area contributed by atoms with Gasteiger partial charge in [-0.15, -0.1) is 11.3 Å². The molecule has 0 saturated heterocycles. The molecular formula is C13H14N2OS. The number of nitrogens with zero attached hydrogens (tertiary/aromatic N) is 1. The van der Waals surface area contributed by atoms with Crippen molar-refractivity contribution in [3.8, 4) is 0 Å². The summed E-state index contributed by atoms with van der Waals surface area (Å²) in [5, 5.41) is 3.78. The van der Waals surface area contributed by atoms with Gasteiger partial charge in [0.25, 0.3) is 5.91 Å². The van der Waals surface area contributed by atoms with Crippen LogP contribution in [0.15, 0.2) is 30.3 Å². The third kappa shape index (κ3) is 2.71. The number of carbonyl (C=O) groups excluding carboxylic acids is 1. The van der Waals surface area contributed by atoms with Crippen molar-refractivity contribution in [2.24, 2.45) is 0 Å². The van der Waals surface area contributed by atoms with E-state index in [0.29, 0.717) is 5.69 Å². The van der Waals surface area contributed by atoms with E-state index in [2.05, 4.69) is 10.3 Å². The van der Waals surface area contributed by atoms with Crippen molar-refractivity contribution in [1.82, 2.24) is 4.98 Å². The molecule has 0 spiro atoms. The van der Waals surface area contributed by atoms with Gasteiger partial charge in [0, 0.05) is 10.6 Å². The maximum atomic E-state index is 12.0. The minimum atomic E-state index is -0.127. The van der Waals surface area contributed by atoms with Crippen LogP contribution in [0.2, 0.25) is 0 Å². The fourth-order valence-corrected chi connectivity index (χ4v) is 2.47. The highest BCUT2D eigenvalue weighted by Crippen LogP contribution is 2.19. The standard InChI is InChI=1S/C13H14N2OS/c1-3-11-12(14-9(2)17-11)13(16)15-10-7-5-4-6-8-10/h4-8H,3H2,1-2H3,(H,15,16). The second kappa shape index (κ2) is 5.10. The number of thiazole rings is 1. The second-order valence-corrected chi connectivity index (χ2v) is 4.97. The predicted molar refractivity (Wildman–Crippen MR) is 70.6 cm³/mol. The molecule has 0 aliphatic rings. The molecule has 1 N–H and O–H groups in total. The zero-order valence-electron chi connectivity index (χ0n) is 9.86. The summed E-state index contributed by atoms with van der Waals surface area (Å²) < 4.78 is 0. The topological polar surface area (TPSA) is 42.0 Å². The van der Waals surface area contributed by atoms with Gasteiger partial charge in [-0.3, -0.25) is 4.79 Å². The van der Waals surface area contributed by atoms with E-state index in [1.807, 2.05) is 44.2 Å². The Morgan fingerprint density at radius 1 is 1.35 bits per heavy atom. The lowest BCUT2D eigenvalue weighted by atomic mass is 10.2. The van der Waals surface area contributed by atoms with Crippen LogP contribution in [0.25, 0.3) is 0 Å². The molecule has 0 atom stereocenters. The van der Waals surface area contributed by atoms with Crippen LogP contribution in [0.1, 0.15) is 27.3 Å². The van der Waals surface area contributed by atoms with Crippen LogP contribution < -0.4 is 5.32 Å². The normalized spacial score (nSPS) is 10.2. The van der Waals surface area contributed by atoms with Crippen molar-refractivity contribution in [1.29, 1.82) is 0 Å². The predicted octanol–water partition coefficient (Wildman–Crippen LogP) is 3.27. The van der Waals surface area contributed by atoms with Gasteiger partial charge in [-0.05, 0) is 25.5 Å². The van der Waals surface area contributed by atoms with Gasteiger partial charge >= 0.3 is 0 Å². The van der Waals surface area contributed by atoms with Gasteiger partial charge in [0.2, 0.25) is 0 Å². The number of nitrogens with one attached hydrogen (secondary N) is 1. The Hall–Kier alpha value is -1.68. The van der Waals surface area contributed by atoms with E-state index in [-0.39, 0.29) is 5.91 Å². The van der Waals surface area contributed by atoms with Crippen molar-refractivity contribution in [3.63, 3.8) is 0 Å². The first-order valence-electron chi connectivity index (χ1n) is 5.53. The SMILES string of the molecule is CCc1sc(C)nc1C(=O)Nc1ccccc1. The van der Waals surface area contributed by atoms with Crippen LogP contribution in [0.5, 0.6) is 0 Å². The minimum Gasteiger partial charge on any atom is -0.321 e. The fraction of sp³-hybridized carbons (Fsp3) is 0.231. The molecule has 4 heteroatoms. The summed E-state index contributed by atoms with van der Waals surface area (Å²) >= 11 is 1.58. The highest BCUT2D eigenvalue weighted by Gasteiger charge is 2.15. The van der Waals surface area contributed by atoms with Gasteiger partial charge in [-0.1, -0.05) is 25.1 Å². The van der Waals surface area contributed by atoms with Crippen molar-refractivity contribution >= 4 is 22.9 Å². The Balaban J connectivity index is 2.20. The Labute approximate surface area is 105 Å². The van der Waals surface area contributed by atoms with Gasteiger partial charge in [0.05, 0.1) is 5.01 Å². The molecule has 0 bridgehead atoms. The number of aromatic nitrogens is 1. The maximum absolute atomic E-state index is 12.0. The lowest BCUT2D eigenvalue weighted by Crippen LogP contribution is -2.14. The number of amides is 1. The highest BCUT2D eigenvalue weighted by atomic mass is 32.1. The third-order valence-corrected chi connectivity index (χ3v) is 3.49. The average molecular weight is 246 g/mol. The summed E-state index contributed by atoms with van der Waals surface area (Å²) in [6.45, 7) is 3.95. The van der Waals surface area contributed by atoms with Crippen molar-refractivity contribution in [3.05, 3.63) is 45.9 Å². The summed E-state index contributed by atoms with van der Waals surface area (Å²) in [4.78, 5) is 17.4. The average Bonchev–Trinajstić information content (AvgIpc) is 2.72. The highest BCUT2D eigenvalue weighted by molar-refractivity contribution is 7.11. The van der Waals surface area contributed by atoms with Crippen molar-refractivity contribution < 1.29 is 4.79 Å². The lowest BCUT2D eigenvalue weighted by molar-refractivity contribution is 0.102. The molecule has 0 saturated carbocycles. The number of hydrogen-bond donors (Lipinski definition) is 1. The van der Waals surface area contributed by atoms with Crippen LogP contribution in [0.3, 0.4) is 0 Å². The number of carbonyl (C=O) groups is 1. The van der Waals surface area contributed by atoms with Gasteiger partial charge in [0.15, 0.2) is 0 Å². The number of anilines is 1. The molecule has 1 amide bonds. The number of aryl methyl sites for hydroxylation is 2. The van der Waals surface area contributed by atoms with E-state index in [9.17, 15) is 4.79 Å². The number of para-hydroxylation sites is 1. The molecule has 2 aromatic rings.